The Kier molecular flexibility index (Phi) is 5.08. The highest BCUT2D eigenvalue weighted by molar-refractivity contribution is 5.79. The van der Waals surface area contributed by atoms with Gasteiger partial charge in [0, 0.05) is 38.3 Å². The summed E-state index contributed by atoms with van der Waals surface area (Å²) in [6.07, 6.45) is 0.578. The summed E-state index contributed by atoms with van der Waals surface area (Å²) in [5, 5.41) is 0. The predicted octanol–water partition coefficient (Wildman–Crippen LogP) is 2.79. The lowest BCUT2D eigenvalue weighted by molar-refractivity contribution is -0.183. The Balaban J connectivity index is 1.58. The lowest BCUT2D eigenvalue weighted by Crippen LogP contribution is -2.66. The van der Waals surface area contributed by atoms with Crippen molar-refractivity contribution in [3.8, 4) is 5.75 Å². The van der Waals surface area contributed by atoms with E-state index in [0.717, 1.165) is 18.5 Å². The molecular weight excluding hydrogens is 359 g/mol. The highest BCUT2D eigenvalue weighted by atomic mass is 19.1. The molecule has 0 spiro atoms. The van der Waals surface area contributed by atoms with Crippen LogP contribution in [-0.4, -0.2) is 55.7 Å². The van der Waals surface area contributed by atoms with E-state index in [-0.39, 0.29) is 24.4 Å². The van der Waals surface area contributed by atoms with Crippen LogP contribution in [0.1, 0.15) is 17.5 Å². The maximum absolute atomic E-state index is 14.4. The van der Waals surface area contributed by atoms with Crippen LogP contribution < -0.4 is 4.74 Å². The fraction of sp³-hybridized carbons (Fsp3) is 0.409. The molecule has 5 nitrogen and oxygen atoms in total. The Labute approximate surface area is 164 Å². The van der Waals surface area contributed by atoms with Crippen molar-refractivity contribution < 1.29 is 18.7 Å². The molecule has 6 heteroatoms. The Morgan fingerprint density at radius 3 is 2.75 bits per heavy atom. The average molecular weight is 384 g/mol. The molecule has 2 aliphatic rings. The van der Waals surface area contributed by atoms with Gasteiger partial charge in [0.2, 0.25) is 5.91 Å². The molecule has 2 fully saturated rings. The molecular formula is C22H25FN2O3. The summed E-state index contributed by atoms with van der Waals surface area (Å²) < 4.78 is 25.5. The van der Waals surface area contributed by atoms with E-state index < -0.39 is 5.54 Å². The van der Waals surface area contributed by atoms with Gasteiger partial charge in [0.15, 0.2) is 0 Å². The minimum Gasteiger partial charge on any atom is -0.497 e. The van der Waals surface area contributed by atoms with Crippen LogP contribution in [0.3, 0.4) is 0 Å². The van der Waals surface area contributed by atoms with Crippen molar-refractivity contribution in [2.24, 2.45) is 0 Å². The second kappa shape index (κ2) is 7.53. The van der Waals surface area contributed by atoms with E-state index in [1.54, 1.807) is 12.1 Å². The molecule has 2 atom stereocenters. The van der Waals surface area contributed by atoms with Crippen LogP contribution in [0.15, 0.2) is 48.5 Å². The van der Waals surface area contributed by atoms with E-state index in [4.69, 9.17) is 9.47 Å². The van der Waals surface area contributed by atoms with Crippen molar-refractivity contribution in [1.82, 2.24) is 9.80 Å². The normalized spacial score (nSPS) is 25.5. The summed E-state index contributed by atoms with van der Waals surface area (Å²) in [6.45, 7) is 1.97. The lowest BCUT2D eigenvalue weighted by atomic mass is 9.76. The number of methoxy groups -OCH3 is 1. The van der Waals surface area contributed by atoms with E-state index in [9.17, 15) is 9.18 Å². The Morgan fingerprint density at radius 1 is 1.25 bits per heavy atom. The third kappa shape index (κ3) is 3.16. The molecule has 28 heavy (non-hydrogen) atoms. The molecule has 0 saturated carbocycles. The number of likely N-dealkylation sites (N-methyl/N-ethyl adjacent to an activating group) is 1. The third-order valence-electron chi connectivity index (χ3n) is 6.07. The number of carbonyl (C=O) groups is 1. The maximum Gasteiger partial charge on any atom is 0.249 e. The third-order valence-corrected chi connectivity index (χ3v) is 6.07. The molecule has 2 aliphatic heterocycles. The van der Waals surface area contributed by atoms with Crippen molar-refractivity contribution in [2.75, 3.05) is 33.9 Å². The van der Waals surface area contributed by atoms with Gasteiger partial charge in [-0.1, -0.05) is 36.4 Å². The number of piperidine rings is 1. The number of morpholine rings is 1. The second-order valence-electron chi connectivity index (χ2n) is 7.49. The van der Waals surface area contributed by atoms with Crippen LogP contribution in [0.5, 0.6) is 5.75 Å². The summed E-state index contributed by atoms with van der Waals surface area (Å²) in [6, 6.07) is 15.0. The Hall–Kier alpha value is -2.44. The minimum atomic E-state index is -0.481. The summed E-state index contributed by atoms with van der Waals surface area (Å²) in [7, 11) is 3.39. The quantitative estimate of drug-likeness (QED) is 0.813. The van der Waals surface area contributed by atoms with Crippen LogP contribution in [-0.2, 0) is 21.6 Å². The Bertz CT molecular complexity index is 860. The van der Waals surface area contributed by atoms with Crippen molar-refractivity contribution >= 4 is 5.91 Å². The number of benzene rings is 2. The van der Waals surface area contributed by atoms with Gasteiger partial charge in [-0.15, -0.1) is 0 Å². The number of halogens is 1. The summed E-state index contributed by atoms with van der Waals surface area (Å²) >= 11 is 0. The number of nitrogens with zero attached hydrogens (tertiary/aromatic N) is 2. The first-order chi connectivity index (χ1) is 13.5. The van der Waals surface area contributed by atoms with Gasteiger partial charge in [0.05, 0.1) is 18.8 Å². The van der Waals surface area contributed by atoms with E-state index in [1.165, 1.54) is 13.2 Å². The van der Waals surface area contributed by atoms with Gasteiger partial charge in [-0.25, -0.2) is 4.39 Å². The highest BCUT2D eigenvalue weighted by Gasteiger charge is 2.52. The monoisotopic (exact) mass is 384 g/mol. The number of ether oxygens (including phenoxy) is 2. The fourth-order valence-electron chi connectivity index (χ4n) is 4.45. The largest absolute Gasteiger partial charge is 0.497 e. The molecule has 2 heterocycles. The number of rotatable bonds is 4. The smallest absolute Gasteiger partial charge is 0.249 e. The standard InChI is InChI=1S/C22H25FN2O3/c1-24-21(26)15-28-20-14-25(13-16-8-9-18(27-2)12-19(16)23)11-10-22(20,24)17-6-4-3-5-7-17/h3-9,12,20H,10-11,13-15H2,1-2H3/t20-,22+/m1/s1. The summed E-state index contributed by atoms with van der Waals surface area (Å²) in [5.41, 5.74) is 1.24. The van der Waals surface area contributed by atoms with Crippen molar-refractivity contribution in [2.45, 2.75) is 24.6 Å². The van der Waals surface area contributed by atoms with Crippen molar-refractivity contribution in [3.05, 3.63) is 65.5 Å². The number of hydrogen-bond acceptors (Lipinski definition) is 4. The van der Waals surface area contributed by atoms with Crippen molar-refractivity contribution in [1.29, 1.82) is 0 Å². The van der Waals surface area contributed by atoms with E-state index >= 15 is 0 Å². The van der Waals surface area contributed by atoms with E-state index in [0.29, 0.717) is 24.4 Å². The molecule has 0 unspecified atom stereocenters. The maximum atomic E-state index is 14.4. The topological polar surface area (TPSA) is 42.0 Å². The molecule has 2 aromatic rings. The van der Waals surface area contributed by atoms with Gasteiger partial charge in [0.1, 0.15) is 18.2 Å². The number of likely N-dealkylation sites (tertiary alicyclic amines) is 1. The first kappa shape index (κ1) is 18.9. The highest BCUT2D eigenvalue weighted by Crippen LogP contribution is 2.42. The molecule has 0 bridgehead atoms. The SMILES string of the molecule is COc1ccc(CN2CC[C@]3(c4ccccc4)[C@@H](C2)OCC(=O)N3C)c(F)c1. The summed E-state index contributed by atoms with van der Waals surface area (Å²) in [4.78, 5) is 16.5. The number of hydrogen-bond donors (Lipinski definition) is 0. The molecule has 1 amide bonds. The van der Waals surface area contributed by atoms with Crippen LogP contribution in [0.25, 0.3) is 0 Å². The first-order valence-corrected chi connectivity index (χ1v) is 9.53. The molecule has 0 aromatic heterocycles. The van der Waals surface area contributed by atoms with Gasteiger partial charge in [-0.3, -0.25) is 9.69 Å². The van der Waals surface area contributed by atoms with Crippen LogP contribution in [0, 0.1) is 5.82 Å². The average Bonchev–Trinajstić information content (AvgIpc) is 2.73. The van der Waals surface area contributed by atoms with Crippen LogP contribution in [0.4, 0.5) is 4.39 Å². The fourth-order valence-corrected chi connectivity index (χ4v) is 4.45. The van der Waals surface area contributed by atoms with Gasteiger partial charge in [0.25, 0.3) is 0 Å². The predicted molar refractivity (Wildman–Crippen MR) is 103 cm³/mol. The molecule has 4 rings (SSSR count). The lowest BCUT2D eigenvalue weighted by Gasteiger charge is -2.55. The molecule has 0 aliphatic carbocycles. The second-order valence-corrected chi connectivity index (χ2v) is 7.49. The van der Waals surface area contributed by atoms with E-state index in [2.05, 4.69) is 17.0 Å². The molecule has 148 valence electrons. The van der Waals surface area contributed by atoms with Crippen molar-refractivity contribution in [3.63, 3.8) is 0 Å². The van der Waals surface area contributed by atoms with Crippen LogP contribution in [0.2, 0.25) is 0 Å². The zero-order valence-electron chi connectivity index (χ0n) is 16.2. The minimum absolute atomic E-state index is 0.00486. The van der Waals surface area contributed by atoms with Crippen LogP contribution >= 0.6 is 0 Å². The number of fused-ring (bicyclic) bond motifs is 1. The molecule has 0 radical (unpaired) electrons. The van der Waals surface area contributed by atoms with Gasteiger partial charge < -0.3 is 14.4 Å². The zero-order chi connectivity index (χ0) is 19.7. The van der Waals surface area contributed by atoms with Gasteiger partial charge >= 0.3 is 0 Å². The molecule has 2 saturated heterocycles. The summed E-state index contributed by atoms with van der Waals surface area (Å²) in [5.74, 6) is 0.240. The zero-order valence-corrected chi connectivity index (χ0v) is 16.2. The first-order valence-electron chi connectivity index (χ1n) is 9.53. The van der Waals surface area contributed by atoms with Gasteiger partial charge in [-0.2, -0.15) is 0 Å². The van der Waals surface area contributed by atoms with E-state index in [1.807, 2.05) is 30.1 Å². The number of amides is 1. The van der Waals surface area contributed by atoms with Gasteiger partial charge in [-0.05, 0) is 18.1 Å². The molecule has 2 aromatic carbocycles. The Morgan fingerprint density at radius 2 is 2.04 bits per heavy atom. The molecule has 0 N–H and O–H groups in total. The number of carbonyl (C=O) groups excluding carboxylic acids is 1.